The highest BCUT2D eigenvalue weighted by Gasteiger charge is 2.36. The summed E-state index contributed by atoms with van der Waals surface area (Å²) in [6.45, 7) is 0.459. The number of methoxy groups -OCH3 is 2. The maximum atomic E-state index is 13.7. The average molecular weight is 511 g/mol. The summed E-state index contributed by atoms with van der Waals surface area (Å²) < 4.78 is 11.2. The quantitative estimate of drug-likeness (QED) is 0.375. The molecule has 1 unspecified atom stereocenters. The number of benzene rings is 3. The molecule has 0 N–H and O–H groups in total. The van der Waals surface area contributed by atoms with Crippen molar-refractivity contribution >= 4 is 52.3 Å². The molecule has 3 aromatic rings. The van der Waals surface area contributed by atoms with Crippen LogP contribution in [-0.4, -0.2) is 31.6 Å². The van der Waals surface area contributed by atoms with E-state index in [0.717, 1.165) is 16.7 Å². The summed E-state index contributed by atoms with van der Waals surface area (Å²) in [6, 6.07) is 13.4. The molecule has 0 saturated carbocycles. The lowest BCUT2D eigenvalue weighted by atomic mass is 9.86. The van der Waals surface area contributed by atoms with Crippen molar-refractivity contribution in [2.45, 2.75) is 12.5 Å². The normalized spacial score (nSPS) is 15.3. The lowest BCUT2D eigenvalue weighted by Crippen LogP contribution is -2.41. The molecule has 0 spiro atoms. The molecule has 166 valence electrons. The Morgan fingerprint density at radius 1 is 0.844 bits per heavy atom. The molecule has 1 atom stereocenters. The summed E-state index contributed by atoms with van der Waals surface area (Å²) in [7, 11) is 3.20. The SMILES string of the molecule is COc1cc2c(c(OC)c1)C(c1cc(Cl)cc(Cl)c1)N(C(=O)c1cc(Cl)cc(Cl)c1)CC2. The number of hydrogen-bond donors (Lipinski definition) is 0. The second kappa shape index (κ2) is 9.40. The number of carbonyl (C=O) groups is 1. The van der Waals surface area contributed by atoms with Crippen molar-refractivity contribution in [2.75, 3.05) is 20.8 Å². The summed E-state index contributed by atoms with van der Waals surface area (Å²) in [4.78, 5) is 15.4. The first-order valence-electron chi connectivity index (χ1n) is 9.78. The summed E-state index contributed by atoms with van der Waals surface area (Å²) >= 11 is 25.0. The zero-order valence-electron chi connectivity index (χ0n) is 17.3. The Morgan fingerprint density at radius 2 is 1.44 bits per heavy atom. The van der Waals surface area contributed by atoms with Crippen LogP contribution in [-0.2, 0) is 6.42 Å². The molecule has 1 heterocycles. The number of fused-ring (bicyclic) bond motifs is 1. The molecule has 0 aliphatic carbocycles. The highest BCUT2D eigenvalue weighted by atomic mass is 35.5. The molecule has 1 aliphatic rings. The molecule has 1 aliphatic heterocycles. The van der Waals surface area contributed by atoms with Gasteiger partial charge >= 0.3 is 0 Å². The molecule has 0 saturated heterocycles. The monoisotopic (exact) mass is 509 g/mol. The number of carbonyl (C=O) groups excluding carboxylic acids is 1. The van der Waals surface area contributed by atoms with E-state index >= 15 is 0 Å². The number of hydrogen-bond acceptors (Lipinski definition) is 3. The van der Waals surface area contributed by atoms with Gasteiger partial charge in [-0.3, -0.25) is 4.79 Å². The molecule has 4 nitrogen and oxygen atoms in total. The van der Waals surface area contributed by atoms with Crippen LogP contribution in [0, 0.1) is 0 Å². The van der Waals surface area contributed by atoms with Gasteiger partial charge in [0.2, 0.25) is 0 Å². The van der Waals surface area contributed by atoms with Crippen molar-refractivity contribution in [1.82, 2.24) is 4.90 Å². The molecule has 0 aromatic heterocycles. The van der Waals surface area contributed by atoms with Crippen LogP contribution in [0.5, 0.6) is 11.5 Å². The van der Waals surface area contributed by atoms with Crippen LogP contribution in [0.2, 0.25) is 20.1 Å². The third kappa shape index (κ3) is 4.51. The summed E-state index contributed by atoms with van der Waals surface area (Å²) in [6.07, 6.45) is 0.619. The van der Waals surface area contributed by atoms with Gasteiger partial charge in [0.05, 0.1) is 20.3 Å². The second-order valence-electron chi connectivity index (χ2n) is 7.41. The Morgan fingerprint density at radius 3 is 2.00 bits per heavy atom. The van der Waals surface area contributed by atoms with E-state index in [1.807, 2.05) is 24.3 Å². The van der Waals surface area contributed by atoms with Crippen LogP contribution in [0.4, 0.5) is 0 Å². The molecule has 0 radical (unpaired) electrons. The van der Waals surface area contributed by atoms with Crippen LogP contribution >= 0.6 is 46.4 Å². The fourth-order valence-corrected chi connectivity index (χ4v) is 5.20. The molecular weight excluding hydrogens is 492 g/mol. The van der Waals surface area contributed by atoms with E-state index in [4.69, 9.17) is 55.9 Å². The van der Waals surface area contributed by atoms with E-state index in [0.29, 0.717) is 50.1 Å². The lowest BCUT2D eigenvalue weighted by Gasteiger charge is -2.39. The van der Waals surface area contributed by atoms with Crippen LogP contribution in [0.1, 0.15) is 33.1 Å². The first kappa shape index (κ1) is 23.1. The van der Waals surface area contributed by atoms with Crippen LogP contribution in [0.25, 0.3) is 0 Å². The molecule has 4 rings (SSSR count). The summed E-state index contributed by atoms with van der Waals surface area (Å²) in [5.74, 6) is 1.09. The Balaban J connectivity index is 1.92. The van der Waals surface area contributed by atoms with E-state index in [1.165, 1.54) is 0 Å². The van der Waals surface area contributed by atoms with Crippen molar-refractivity contribution in [1.29, 1.82) is 0 Å². The fourth-order valence-electron chi connectivity index (χ4n) is 4.13. The van der Waals surface area contributed by atoms with Gasteiger partial charge in [-0.15, -0.1) is 0 Å². The summed E-state index contributed by atoms with van der Waals surface area (Å²) in [5.41, 5.74) is 3.06. The third-order valence-electron chi connectivity index (χ3n) is 5.44. The van der Waals surface area contributed by atoms with Crippen LogP contribution in [0.3, 0.4) is 0 Å². The molecule has 3 aromatic carbocycles. The van der Waals surface area contributed by atoms with Crippen molar-refractivity contribution in [3.05, 3.63) is 90.9 Å². The second-order valence-corrected chi connectivity index (χ2v) is 9.16. The van der Waals surface area contributed by atoms with Crippen molar-refractivity contribution in [2.24, 2.45) is 0 Å². The smallest absolute Gasteiger partial charge is 0.254 e. The predicted molar refractivity (Wildman–Crippen MR) is 129 cm³/mol. The molecule has 0 bridgehead atoms. The molecule has 0 fully saturated rings. The molecule has 8 heteroatoms. The largest absolute Gasteiger partial charge is 0.497 e. The van der Waals surface area contributed by atoms with E-state index < -0.39 is 6.04 Å². The van der Waals surface area contributed by atoms with Gasteiger partial charge in [-0.2, -0.15) is 0 Å². The van der Waals surface area contributed by atoms with Crippen molar-refractivity contribution < 1.29 is 14.3 Å². The van der Waals surface area contributed by atoms with Gasteiger partial charge in [0.25, 0.3) is 5.91 Å². The van der Waals surface area contributed by atoms with Crippen molar-refractivity contribution in [3.8, 4) is 11.5 Å². The van der Waals surface area contributed by atoms with E-state index in [1.54, 1.807) is 43.4 Å². The number of amides is 1. The maximum absolute atomic E-state index is 13.7. The van der Waals surface area contributed by atoms with Gasteiger partial charge in [0.1, 0.15) is 11.5 Å². The van der Waals surface area contributed by atoms with Gasteiger partial charge in [-0.05, 0) is 60.0 Å². The third-order valence-corrected chi connectivity index (χ3v) is 6.31. The van der Waals surface area contributed by atoms with Gasteiger partial charge < -0.3 is 14.4 Å². The number of nitrogens with zero attached hydrogens (tertiary/aromatic N) is 1. The summed E-state index contributed by atoms with van der Waals surface area (Å²) in [5, 5.41) is 1.74. The maximum Gasteiger partial charge on any atom is 0.254 e. The Bertz CT molecular complexity index is 1140. The standard InChI is InChI=1S/C24H19Cl4NO3/c1-31-20-9-13-3-4-29(24(30)15-7-18(27)11-19(28)8-15)23(22(13)21(12-20)32-2)14-5-16(25)10-17(26)6-14/h5-12,23H,3-4H2,1-2H3. The number of halogens is 4. The van der Waals surface area contributed by atoms with Gasteiger partial charge in [-0.1, -0.05) is 46.4 Å². The molecule has 1 amide bonds. The van der Waals surface area contributed by atoms with Crippen molar-refractivity contribution in [3.63, 3.8) is 0 Å². The van der Waals surface area contributed by atoms with Gasteiger partial charge in [0, 0.05) is 43.8 Å². The lowest BCUT2D eigenvalue weighted by molar-refractivity contribution is 0.0692. The average Bonchev–Trinajstić information content (AvgIpc) is 2.75. The predicted octanol–water partition coefficient (Wildman–Crippen LogP) is 7.11. The van der Waals surface area contributed by atoms with E-state index in [-0.39, 0.29) is 5.91 Å². The zero-order valence-corrected chi connectivity index (χ0v) is 20.3. The number of rotatable bonds is 4. The Hall–Kier alpha value is -2.11. The Labute approximate surface area is 206 Å². The molecular formula is C24H19Cl4NO3. The van der Waals surface area contributed by atoms with E-state index in [9.17, 15) is 4.79 Å². The van der Waals surface area contributed by atoms with Gasteiger partial charge in [0.15, 0.2) is 0 Å². The highest BCUT2D eigenvalue weighted by Crippen LogP contribution is 2.44. The Kier molecular flexibility index (Phi) is 6.78. The van der Waals surface area contributed by atoms with Crippen LogP contribution < -0.4 is 9.47 Å². The first-order valence-corrected chi connectivity index (χ1v) is 11.3. The zero-order chi connectivity index (χ0) is 23.0. The minimum Gasteiger partial charge on any atom is -0.497 e. The fraction of sp³-hybridized carbons (Fsp3) is 0.208. The highest BCUT2D eigenvalue weighted by molar-refractivity contribution is 6.35. The topological polar surface area (TPSA) is 38.8 Å². The van der Waals surface area contributed by atoms with E-state index in [2.05, 4.69) is 0 Å². The number of ether oxygens (including phenoxy) is 2. The van der Waals surface area contributed by atoms with Crippen LogP contribution in [0.15, 0.2) is 48.5 Å². The van der Waals surface area contributed by atoms with Gasteiger partial charge in [-0.25, -0.2) is 0 Å². The minimum absolute atomic E-state index is 0.209. The first-order chi connectivity index (χ1) is 15.3. The minimum atomic E-state index is -0.485. The molecule has 32 heavy (non-hydrogen) atoms.